The second-order valence-corrected chi connectivity index (χ2v) is 4.04. The van der Waals surface area contributed by atoms with Crippen molar-refractivity contribution >= 4 is 5.97 Å². The number of hydrogen-bond donors (Lipinski definition) is 1. The third-order valence-corrected chi connectivity index (χ3v) is 2.65. The summed E-state index contributed by atoms with van der Waals surface area (Å²) in [6, 6.07) is 9.55. The van der Waals surface area contributed by atoms with Crippen molar-refractivity contribution in [3.8, 4) is 0 Å². The summed E-state index contributed by atoms with van der Waals surface area (Å²) >= 11 is 0. The molecule has 0 fully saturated rings. The van der Waals surface area contributed by atoms with Gasteiger partial charge in [0, 0.05) is 6.54 Å². The molecule has 0 saturated heterocycles. The third-order valence-electron chi connectivity index (χ3n) is 2.65. The lowest BCUT2D eigenvalue weighted by atomic mass is 10.1. The van der Waals surface area contributed by atoms with Crippen LogP contribution < -0.4 is 0 Å². The Bertz CT molecular complexity index is 324. The number of benzene rings is 1. The van der Waals surface area contributed by atoms with Gasteiger partial charge in [0.2, 0.25) is 0 Å². The van der Waals surface area contributed by atoms with Crippen LogP contribution >= 0.6 is 0 Å². The molecule has 1 N–H and O–H groups in total. The van der Waals surface area contributed by atoms with Crippen molar-refractivity contribution in [1.82, 2.24) is 4.90 Å². The van der Waals surface area contributed by atoms with Gasteiger partial charge in [0.15, 0.2) is 0 Å². The van der Waals surface area contributed by atoms with E-state index in [0.29, 0.717) is 13.0 Å². The molecule has 0 aliphatic carbocycles. The largest absolute Gasteiger partial charge is 0.480 e. The van der Waals surface area contributed by atoms with E-state index in [1.165, 1.54) is 0 Å². The van der Waals surface area contributed by atoms with Crippen LogP contribution in [0.15, 0.2) is 30.3 Å². The average molecular weight is 221 g/mol. The molecular weight excluding hydrogens is 202 g/mol. The third kappa shape index (κ3) is 3.66. The Morgan fingerprint density at radius 1 is 1.38 bits per heavy atom. The minimum Gasteiger partial charge on any atom is -0.480 e. The van der Waals surface area contributed by atoms with Crippen LogP contribution in [0.3, 0.4) is 0 Å². The van der Waals surface area contributed by atoms with E-state index in [1.807, 2.05) is 49.2 Å². The zero-order valence-electron chi connectivity index (χ0n) is 9.89. The molecule has 1 atom stereocenters. The molecular formula is C13H19NO2. The fourth-order valence-electron chi connectivity index (χ4n) is 1.79. The number of likely N-dealkylation sites (N-methyl/N-ethyl adjacent to an activating group) is 1. The van der Waals surface area contributed by atoms with Crippen molar-refractivity contribution in [3.63, 3.8) is 0 Å². The maximum atomic E-state index is 11.1. The Morgan fingerprint density at radius 2 is 2.00 bits per heavy atom. The van der Waals surface area contributed by atoms with Crippen LogP contribution in [-0.2, 0) is 11.3 Å². The maximum absolute atomic E-state index is 11.1. The van der Waals surface area contributed by atoms with Crippen molar-refractivity contribution in [2.24, 2.45) is 0 Å². The van der Waals surface area contributed by atoms with Crippen molar-refractivity contribution in [2.75, 3.05) is 7.05 Å². The highest BCUT2D eigenvalue weighted by Crippen LogP contribution is 2.10. The van der Waals surface area contributed by atoms with E-state index in [0.717, 1.165) is 12.0 Å². The van der Waals surface area contributed by atoms with Gasteiger partial charge in [-0.1, -0.05) is 43.7 Å². The van der Waals surface area contributed by atoms with Gasteiger partial charge < -0.3 is 5.11 Å². The van der Waals surface area contributed by atoms with Crippen LogP contribution in [0.5, 0.6) is 0 Å². The fraction of sp³-hybridized carbons (Fsp3) is 0.462. The normalized spacial score (nSPS) is 12.7. The van der Waals surface area contributed by atoms with Gasteiger partial charge in [0.1, 0.15) is 6.04 Å². The quantitative estimate of drug-likeness (QED) is 0.801. The smallest absolute Gasteiger partial charge is 0.320 e. The van der Waals surface area contributed by atoms with E-state index < -0.39 is 5.97 Å². The first-order chi connectivity index (χ1) is 7.65. The molecule has 3 heteroatoms. The van der Waals surface area contributed by atoms with Crippen LogP contribution in [0.4, 0.5) is 0 Å². The first-order valence-electron chi connectivity index (χ1n) is 5.62. The number of carboxylic acids is 1. The van der Waals surface area contributed by atoms with Crippen molar-refractivity contribution < 1.29 is 9.90 Å². The van der Waals surface area contributed by atoms with Crippen molar-refractivity contribution in [3.05, 3.63) is 35.9 Å². The molecule has 0 radical (unpaired) electrons. The number of carboxylic acid groups (broad SMARTS) is 1. The van der Waals surface area contributed by atoms with Crippen LogP contribution in [0.25, 0.3) is 0 Å². The van der Waals surface area contributed by atoms with E-state index in [9.17, 15) is 4.79 Å². The summed E-state index contributed by atoms with van der Waals surface area (Å²) in [6.45, 7) is 2.68. The molecule has 1 rings (SSSR count). The van der Waals surface area contributed by atoms with Gasteiger partial charge in [-0.05, 0) is 19.0 Å². The molecule has 0 heterocycles. The summed E-state index contributed by atoms with van der Waals surface area (Å²) in [6.07, 6.45) is 1.58. The summed E-state index contributed by atoms with van der Waals surface area (Å²) in [5, 5.41) is 9.11. The zero-order chi connectivity index (χ0) is 12.0. The summed E-state index contributed by atoms with van der Waals surface area (Å²) in [5.74, 6) is -0.736. The second-order valence-electron chi connectivity index (χ2n) is 4.04. The number of nitrogens with zero attached hydrogens (tertiary/aromatic N) is 1. The van der Waals surface area contributed by atoms with Crippen molar-refractivity contribution in [1.29, 1.82) is 0 Å². The molecule has 0 spiro atoms. The summed E-state index contributed by atoms with van der Waals surface area (Å²) in [7, 11) is 1.86. The van der Waals surface area contributed by atoms with E-state index in [1.54, 1.807) is 0 Å². The van der Waals surface area contributed by atoms with Crippen LogP contribution in [0.2, 0.25) is 0 Å². The predicted octanol–water partition coefficient (Wildman–Crippen LogP) is 2.37. The second kappa shape index (κ2) is 6.28. The van der Waals surface area contributed by atoms with Gasteiger partial charge in [-0.15, -0.1) is 0 Å². The molecule has 3 nitrogen and oxygen atoms in total. The lowest BCUT2D eigenvalue weighted by Crippen LogP contribution is -2.37. The first kappa shape index (κ1) is 12.7. The molecule has 0 aliphatic heterocycles. The SMILES string of the molecule is CCC[C@@H](C(=O)O)N(C)Cc1ccccc1. The predicted molar refractivity (Wildman–Crippen MR) is 64.2 cm³/mol. The van der Waals surface area contributed by atoms with Gasteiger partial charge in [-0.25, -0.2) is 0 Å². The van der Waals surface area contributed by atoms with Crippen LogP contribution in [0, 0.1) is 0 Å². The van der Waals surface area contributed by atoms with E-state index >= 15 is 0 Å². The van der Waals surface area contributed by atoms with Crippen LogP contribution in [0.1, 0.15) is 25.3 Å². The Kier molecular flexibility index (Phi) is 4.99. The Hall–Kier alpha value is -1.35. The highest BCUT2D eigenvalue weighted by atomic mass is 16.4. The standard InChI is InChI=1S/C13H19NO2/c1-3-7-12(13(15)16)14(2)10-11-8-5-4-6-9-11/h4-6,8-9,12H,3,7,10H2,1-2H3,(H,15,16)/t12-/m0/s1. The number of hydrogen-bond acceptors (Lipinski definition) is 2. The first-order valence-corrected chi connectivity index (χ1v) is 5.62. The van der Waals surface area contributed by atoms with E-state index in [2.05, 4.69) is 0 Å². The molecule has 0 aliphatic rings. The highest BCUT2D eigenvalue weighted by Gasteiger charge is 2.21. The molecule has 88 valence electrons. The topological polar surface area (TPSA) is 40.5 Å². The summed E-state index contributed by atoms with van der Waals surface area (Å²) < 4.78 is 0. The molecule has 1 aromatic rings. The molecule has 0 bridgehead atoms. The minimum atomic E-state index is -0.736. The lowest BCUT2D eigenvalue weighted by Gasteiger charge is -2.24. The molecule has 1 aromatic carbocycles. The monoisotopic (exact) mass is 221 g/mol. The molecule has 0 unspecified atom stereocenters. The molecule has 0 amide bonds. The highest BCUT2D eigenvalue weighted by molar-refractivity contribution is 5.73. The average Bonchev–Trinajstić information content (AvgIpc) is 2.26. The van der Waals surface area contributed by atoms with Gasteiger partial charge in [-0.3, -0.25) is 9.69 Å². The Morgan fingerprint density at radius 3 is 2.50 bits per heavy atom. The maximum Gasteiger partial charge on any atom is 0.320 e. The summed E-state index contributed by atoms with van der Waals surface area (Å²) in [5.41, 5.74) is 1.15. The Balaban J connectivity index is 2.62. The van der Waals surface area contributed by atoms with E-state index in [4.69, 9.17) is 5.11 Å². The molecule has 0 saturated carbocycles. The van der Waals surface area contributed by atoms with Crippen molar-refractivity contribution in [2.45, 2.75) is 32.4 Å². The number of aliphatic carboxylic acids is 1. The molecule has 16 heavy (non-hydrogen) atoms. The zero-order valence-corrected chi connectivity index (χ0v) is 9.89. The van der Waals surface area contributed by atoms with Crippen LogP contribution in [-0.4, -0.2) is 29.1 Å². The Labute approximate surface area is 96.7 Å². The minimum absolute atomic E-state index is 0.384. The fourth-order valence-corrected chi connectivity index (χ4v) is 1.79. The van der Waals surface area contributed by atoms with Gasteiger partial charge in [-0.2, -0.15) is 0 Å². The molecule has 0 aromatic heterocycles. The van der Waals surface area contributed by atoms with Gasteiger partial charge in [0.25, 0.3) is 0 Å². The summed E-state index contributed by atoms with van der Waals surface area (Å²) in [4.78, 5) is 13.0. The lowest BCUT2D eigenvalue weighted by molar-refractivity contribution is -0.143. The number of carbonyl (C=O) groups is 1. The number of rotatable bonds is 6. The van der Waals surface area contributed by atoms with E-state index in [-0.39, 0.29) is 6.04 Å². The van der Waals surface area contributed by atoms with Gasteiger partial charge >= 0.3 is 5.97 Å². The van der Waals surface area contributed by atoms with Gasteiger partial charge in [0.05, 0.1) is 0 Å².